The van der Waals surface area contributed by atoms with E-state index in [1.807, 2.05) is 6.07 Å². The lowest BCUT2D eigenvalue weighted by Gasteiger charge is -2.09. The van der Waals surface area contributed by atoms with Gasteiger partial charge in [0.15, 0.2) is 0 Å². The first-order valence-electron chi connectivity index (χ1n) is 6.19. The second kappa shape index (κ2) is 6.18. The van der Waals surface area contributed by atoms with E-state index in [2.05, 4.69) is 0 Å². The van der Waals surface area contributed by atoms with Crippen LogP contribution in [-0.2, 0) is 6.61 Å². The highest BCUT2D eigenvalue weighted by atomic mass is 19.1. The molecular weight excluding hydrogens is 257 g/mol. The molecule has 2 aromatic rings. The first-order chi connectivity index (χ1) is 9.60. The van der Waals surface area contributed by atoms with Crippen molar-refractivity contribution < 1.29 is 14.2 Å². The van der Waals surface area contributed by atoms with Crippen molar-refractivity contribution in [2.24, 2.45) is 0 Å². The summed E-state index contributed by atoms with van der Waals surface area (Å²) in [5, 5.41) is 18.1. The molecule has 0 saturated heterocycles. The summed E-state index contributed by atoms with van der Waals surface area (Å²) >= 11 is 0. The van der Waals surface area contributed by atoms with Crippen LogP contribution in [0.5, 0.6) is 5.75 Å². The number of aliphatic hydroxyl groups is 1. The van der Waals surface area contributed by atoms with Gasteiger partial charge >= 0.3 is 0 Å². The van der Waals surface area contributed by atoms with Crippen molar-refractivity contribution in [3.63, 3.8) is 0 Å². The molecule has 0 amide bonds. The fraction of sp³-hybridized carbons (Fsp3) is 0.188. The molecule has 2 aromatic carbocycles. The van der Waals surface area contributed by atoms with E-state index in [1.165, 1.54) is 12.1 Å². The Labute approximate surface area is 116 Å². The predicted octanol–water partition coefficient (Wildman–Crippen LogP) is 3.33. The van der Waals surface area contributed by atoms with Crippen molar-refractivity contribution >= 4 is 0 Å². The standard InChI is InChI=1S/C16H14FNO2/c1-11(19)13-4-6-15(7-5-13)20-10-14-3-2-12(9-18)8-16(14)17/h2-8,11,19H,10H2,1H3. The Hall–Kier alpha value is -2.38. The molecule has 0 saturated carbocycles. The van der Waals surface area contributed by atoms with Gasteiger partial charge in [-0.15, -0.1) is 0 Å². The summed E-state index contributed by atoms with van der Waals surface area (Å²) < 4.78 is 19.1. The van der Waals surface area contributed by atoms with Crippen molar-refractivity contribution in [2.75, 3.05) is 0 Å². The van der Waals surface area contributed by atoms with Crippen LogP contribution >= 0.6 is 0 Å². The van der Waals surface area contributed by atoms with Gasteiger partial charge in [-0.3, -0.25) is 0 Å². The second-order valence-electron chi connectivity index (χ2n) is 4.45. The van der Waals surface area contributed by atoms with E-state index in [9.17, 15) is 9.50 Å². The van der Waals surface area contributed by atoms with Crippen LogP contribution in [-0.4, -0.2) is 5.11 Å². The number of nitrogens with zero attached hydrogens (tertiary/aromatic N) is 1. The van der Waals surface area contributed by atoms with Crippen LogP contribution < -0.4 is 4.74 Å². The molecule has 102 valence electrons. The van der Waals surface area contributed by atoms with Crippen LogP contribution in [0.2, 0.25) is 0 Å². The van der Waals surface area contributed by atoms with E-state index >= 15 is 0 Å². The van der Waals surface area contributed by atoms with Crippen molar-refractivity contribution in [3.8, 4) is 11.8 Å². The fourth-order valence-electron chi connectivity index (χ4n) is 1.74. The third-order valence-electron chi connectivity index (χ3n) is 2.94. The number of benzene rings is 2. The summed E-state index contributed by atoms with van der Waals surface area (Å²) in [5.41, 5.74) is 1.47. The molecule has 0 bridgehead atoms. The molecule has 0 aliphatic carbocycles. The van der Waals surface area contributed by atoms with E-state index in [-0.39, 0.29) is 12.2 Å². The number of nitriles is 1. The highest BCUT2D eigenvalue weighted by Gasteiger charge is 2.05. The summed E-state index contributed by atoms with van der Waals surface area (Å²) in [6.07, 6.45) is -0.528. The van der Waals surface area contributed by atoms with Crippen molar-refractivity contribution in [2.45, 2.75) is 19.6 Å². The molecule has 0 radical (unpaired) electrons. The molecular formula is C16H14FNO2. The van der Waals surface area contributed by atoms with E-state index in [0.29, 0.717) is 11.3 Å². The van der Waals surface area contributed by atoms with Gasteiger partial charge in [-0.25, -0.2) is 4.39 Å². The first-order valence-corrected chi connectivity index (χ1v) is 6.19. The molecule has 3 nitrogen and oxygen atoms in total. The Morgan fingerprint density at radius 2 is 1.95 bits per heavy atom. The molecule has 20 heavy (non-hydrogen) atoms. The highest BCUT2D eigenvalue weighted by Crippen LogP contribution is 2.19. The van der Waals surface area contributed by atoms with Crippen molar-refractivity contribution in [3.05, 3.63) is 65.0 Å². The smallest absolute Gasteiger partial charge is 0.131 e. The van der Waals surface area contributed by atoms with Gasteiger partial charge in [-0.2, -0.15) is 5.26 Å². The number of hydrogen-bond donors (Lipinski definition) is 1. The summed E-state index contributed by atoms with van der Waals surface area (Å²) in [7, 11) is 0. The molecule has 0 fully saturated rings. The minimum Gasteiger partial charge on any atom is -0.489 e. The summed E-state index contributed by atoms with van der Waals surface area (Å²) in [5.74, 6) is 0.141. The molecule has 0 aliphatic rings. The lowest BCUT2D eigenvalue weighted by Crippen LogP contribution is -1.99. The Balaban J connectivity index is 2.03. The largest absolute Gasteiger partial charge is 0.489 e. The van der Waals surface area contributed by atoms with Gasteiger partial charge in [-0.05, 0) is 36.8 Å². The van der Waals surface area contributed by atoms with Crippen LogP contribution in [0.1, 0.15) is 29.7 Å². The Bertz CT molecular complexity index is 630. The minimum atomic E-state index is -0.528. The first kappa shape index (κ1) is 14.0. The van der Waals surface area contributed by atoms with Crippen molar-refractivity contribution in [1.82, 2.24) is 0 Å². The van der Waals surface area contributed by atoms with E-state index in [0.717, 1.165) is 5.56 Å². The maximum atomic E-state index is 13.6. The quantitative estimate of drug-likeness (QED) is 0.928. The average molecular weight is 271 g/mol. The third kappa shape index (κ3) is 3.34. The van der Waals surface area contributed by atoms with Gasteiger partial charge in [0.25, 0.3) is 0 Å². The zero-order valence-electron chi connectivity index (χ0n) is 11.0. The van der Waals surface area contributed by atoms with Gasteiger partial charge in [0.05, 0.1) is 17.7 Å². The summed E-state index contributed by atoms with van der Waals surface area (Å²) in [4.78, 5) is 0. The van der Waals surface area contributed by atoms with Gasteiger partial charge in [0, 0.05) is 5.56 Å². The molecule has 0 heterocycles. The maximum Gasteiger partial charge on any atom is 0.131 e. The number of halogens is 1. The molecule has 1 N–H and O–H groups in total. The fourth-order valence-corrected chi connectivity index (χ4v) is 1.74. The number of aliphatic hydroxyl groups excluding tert-OH is 1. The SMILES string of the molecule is CC(O)c1ccc(OCc2ccc(C#N)cc2F)cc1. The highest BCUT2D eigenvalue weighted by molar-refractivity contribution is 5.33. The molecule has 0 spiro atoms. The molecule has 0 aromatic heterocycles. The normalized spacial score (nSPS) is 11.7. The molecule has 1 atom stereocenters. The van der Waals surface area contributed by atoms with Crippen LogP contribution in [0.25, 0.3) is 0 Å². The predicted molar refractivity (Wildman–Crippen MR) is 72.5 cm³/mol. The third-order valence-corrected chi connectivity index (χ3v) is 2.94. The minimum absolute atomic E-state index is 0.0889. The second-order valence-corrected chi connectivity index (χ2v) is 4.45. The Morgan fingerprint density at radius 1 is 1.25 bits per heavy atom. The Kier molecular flexibility index (Phi) is 4.34. The zero-order valence-corrected chi connectivity index (χ0v) is 11.0. The average Bonchev–Trinajstić information content (AvgIpc) is 2.46. The summed E-state index contributed by atoms with van der Waals surface area (Å²) in [6, 6.07) is 13.1. The van der Waals surface area contributed by atoms with Crippen LogP contribution in [0, 0.1) is 17.1 Å². The van der Waals surface area contributed by atoms with Crippen LogP contribution in [0.4, 0.5) is 4.39 Å². The van der Waals surface area contributed by atoms with E-state index in [1.54, 1.807) is 37.3 Å². The Morgan fingerprint density at radius 3 is 2.50 bits per heavy atom. The zero-order chi connectivity index (χ0) is 14.5. The molecule has 2 rings (SSSR count). The van der Waals surface area contributed by atoms with Gasteiger partial charge in [0.2, 0.25) is 0 Å². The van der Waals surface area contributed by atoms with Crippen LogP contribution in [0.3, 0.4) is 0 Å². The lowest BCUT2D eigenvalue weighted by molar-refractivity contribution is 0.199. The topological polar surface area (TPSA) is 53.2 Å². The number of hydrogen-bond acceptors (Lipinski definition) is 3. The number of rotatable bonds is 4. The van der Waals surface area contributed by atoms with Gasteiger partial charge < -0.3 is 9.84 Å². The maximum absolute atomic E-state index is 13.6. The van der Waals surface area contributed by atoms with Crippen LogP contribution in [0.15, 0.2) is 42.5 Å². The van der Waals surface area contributed by atoms with Crippen molar-refractivity contribution in [1.29, 1.82) is 5.26 Å². The monoisotopic (exact) mass is 271 g/mol. The van der Waals surface area contributed by atoms with Gasteiger partial charge in [-0.1, -0.05) is 18.2 Å². The van der Waals surface area contributed by atoms with Gasteiger partial charge in [0.1, 0.15) is 18.2 Å². The summed E-state index contributed by atoms with van der Waals surface area (Å²) in [6.45, 7) is 1.77. The molecule has 0 aliphatic heterocycles. The van der Waals surface area contributed by atoms with E-state index < -0.39 is 11.9 Å². The molecule has 4 heteroatoms. The van der Waals surface area contributed by atoms with E-state index in [4.69, 9.17) is 10.00 Å². The number of ether oxygens (including phenoxy) is 1. The lowest BCUT2D eigenvalue weighted by atomic mass is 10.1. The molecule has 1 unspecified atom stereocenters.